The van der Waals surface area contributed by atoms with Crippen molar-refractivity contribution >= 4 is 33.8 Å². The van der Waals surface area contributed by atoms with Gasteiger partial charge < -0.3 is 21.7 Å². The predicted molar refractivity (Wildman–Crippen MR) is 122 cm³/mol. The number of hydrogen-bond donors (Lipinski definition) is 3. The lowest BCUT2D eigenvalue weighted by molar-refractivity contribution is 0.0611. The highest BCUT2D eigenvalue weighted by molar-refractivity contribution is 7.19. The van der Waals surface area contributed by atoms with Gasteiger partial charge in [-0.2, -0.15) is 5.10 Å². The number of nitrogens with one attached hydrogen (secondary N) is 1. The first-order valence-electron chi connectivity index (χ1n) is 10.5. The van der Waals surface area contributed by atoms with Crippen LogP contribution in [0.3, 0.4) is 0 Å². The summed E-state index contributed by atoms with van der Waals surface area (Å²) in [5.74, 6) is -2.73. The highest BCUT2D eigenvalue weighted by Crippen LogP contribution is 2.35. The number of carbonyl (C=O) groups is 1. The van der Waals surface area contributed by atoms with Crippen molar-refractivity contribution in [1.82, 2.24) is 14.8 Å². The minimum atomic E-state index is -2.51. The molecule has 0 radical (unpaired) electrons. The Balaban J connectivity index is 1.57. The fourth-order valence-electron chi connectivity index (χ4n) is 4.05. The molecule has 8 nitrogen and oxygen atoms in total. The SMILES string of the molecule is Cn1ncc(NC(=O)c2nc(-c3c(F)cccc3F)sc2N)c1N1CCC(N)C(C(F)F)CC1. The molecule has 2 unspecified atom stereocenters. The van der Waals surface area contributed by atoms with Crippen LogP contribution in [-0.4, -0.2) is 46.2 Å². The van der Waals surface area contributed by atoms with Crippen molar-refractivity contribution in [3.8, 4) is 10.6 Å². The molecular weight excluding hydrogens is 474 g/mol. The summed E-state index contributed by atoms with van der Waals surface area (Å²) in [4.78, 5) is 18.9. The predicted octanol–water partition coefficient (Wildman–Crippen LogP) is 3.47. The highest BCUT2D eigenvalue weighted by Gasteiger charge is 2.32. The summed E-state index contributed by atoms with van der Waals surface area (Å²) in [5.41, 5.74) is 11.6. The van der Waals surface area contributed by atoms with Crippen LogP contribution < -0.4 is 21.7 Å². The fraction of sp³-hybridized carbons (Fsp3) is 0.381. The van der Waals surface area contributed by atoms with Gasteiger partial charge in [0.05, 0.1) is 11.8 Å². The number of benzene rings is 1. The third-order valence-corrected chi connectivity index (χ3v) is 6.74. The lowest BCUT2D eigenvalue weighted by Crippen LogP contribution is -2.34. The maximum absolute atomic E-state index is 14.1. The van der Waals surface area contributed by atoms with E-state index in [4.69, 9.17) is 11.5 Å². The highest BCUT2D eigenvalue weighted by atomic mass is 32.1. The van der Waals surface area contributed by atoms with Gasteiger partial charge in [-0.3, -0.25) is 9.48 Å². The van der Waals surface area contributed by atoms with Crippen LogP contribution in [0.1, 0.15) is 23.3 Å². The van der Waals surface area contributed by atoms with Crippen LogP contribution in [0.15, 0.2) is 24.4 Å². The Morgan fingerprint density at radius 2 is 1.91 bits per heavy atom. The van der Waals surface area contributed by atoms with Crippen LogP contribution in [0.2, 0.25) is 0 Å². The van der Waals surface area contributed by atoms with Gasteiger partial charge in [-0.05, 0) is 25.0 Å². The van der Waals surface area contributed by atoms with Crippen molar-refractivity contribution < 1.29 is 22.4 Å². The molecule has 2 aromatic heterocycles. The number of amides is 1. The van der Waals surface area contributed by atoms with Crippen LogP contribution in [0.25, 0.3) is 10.6 Å². The Bertz CT molecular complexity index is 1180. The Morgan fingerprint density at radius 3 is 2.59 bits per heavy atom. The first-order chi connectivity index (χ1) is 16.2. The van der Waals surface area contributed by atoms with E-state index in [2.05, 4.69) is 15.4 Å². The van der Waals surface area contributed by atoms with E-state index in [-0.39, 0.29) is 27.7 Å². The molecule has 0 saturated carbocycles. The molecule has 5 N–H and O–H groups in total. The average molecular weight is 498 g/mol. The number of anilines is 3. The summed E-state index contributed by atoms with van der Waals surface area (Å²) in [7, 11) is 1.66. The van der Waals surface area contributed by atoms with E-state index < -0.39 is 35.9 Å². The number of nitrogens with zero attached hydrogens (tertiary/aromatic N) is 4. The molecule has 1 aliphatic heterocycles. The summed E-state index contributed by atoms with van der Waals surface area (Å²) in [6.07, 6.45) is -0.553. The molecule has 1 aromatic carbocycles. The molecule has 4 rings (SSSR count). The van der Waals surface area contributed by atoms with Crippen LogP contribution in [0, 0.1) is 17.6 Å². The van der Waals surface area contributed by atoms with Crippen LogP contribution in [0.4, 0.5) is 34.1 Å². The summed E-state index contributed by atoms with van der Waals surface area (Å²) in [5, 5.41) is 6.77. The van der Waals surface area contributed by atoms with Crippen LogP contribution >= 0.6 is 11.3 Å². The Hall–Kier alpha value is -3.19. The average Bonchev–Trinajstić information content (AvgIpc) is 3.25. The topological polar surface area (TPSA) is 115 Å². The molecule has 182 valence electrons. The molecule has 1 amide bonds. The van der Waals surface area contributed by atoms with Gasteiger partial charge in [-0.15, -0.1) is 0 Å². The Labute approximate surface area is 196 Å². The number of hydrogen-bond acceptors (Lipinski definition) is 7. The lowest BCUT2D eigenvalue weighted by atomic mass is 9.96. The number of thiazole rings is 1. The van der Waals surface area contributed by atoms with Gasteiger partial charge in [0.2, 0.25) is 6.43 Å². The summed E-state index contributed by atoms with van der Waals surface area (Å²) in [6.45, 7) is 0.711. The fourth-order valence-corrected chi connectivity index (χ4v) is 4.93. The minimum absolute atomic E-state index is 0.0129. The van der Waals surface area contributed by atoms with Crippen molar-refractivity contribution in [1.29, 1.82) is 0 Å². The maximum atomic E-state index is 14.1. The monoisotopic (exact) mass is 497 g/mol. The van der Waals surface area contributed by atoms with Gasteiger partial charge in [0.25, 0.3) is 5.91 Å². The van der Waals surface area contributed by atoms with Gasteiger partial charge in [0, 0.05) is 32.1 Å². The van der Waals surface area contributed by atoms with E-state index in [0.29, 0.717) is 31.0 Å². The van der Waals surface area contributed by atoms with E-state index in [1.807, 2.05) is 4.90 Å². The van der Waals surface area contributed by atoms with Crippen molar-refractivity contribution in [2.75, 3.05) is 29.0 Å². The normalized spacial score (nSPS) is 18.9. The zero-order valence-corrected chi connectivity index (χ0v) is 19.0. The Kier molecular flexibility index (Phi) is 6.75. The van der Waals surface area contributed by atoms with E-state index in [1.165, 1.54) is 16.9 Å². The number of alkyl halides is 2. The summed E-state index contributed by atoms with van der Waals surface area (Å²) in [6, 6.07) is 2.76. The Morgan fingerprint density at radius 1 is 1.24 bits per heavy atom. The maximum Gasteiger partial charge on any atom is 0.277 e. The van der Waals surface area contributed by atoms with E-state index in [9.17, 15) is 22.4 Å². The number of nitrogens with two attached hydrogens (primary N) is 2. The molecule has 0 spiro atoms. The molecular formula is C21H23F4N7OS. The third-order valence-electron chi connectivity index (χ3n) is 5.84. The van der Waals surface area contributed by atoms with E-state index in [1.54, 1.807) is 7.05 Å². The first-order valence-corrected chi connectivity index (χ1v) is 11.3. The molecule has 1 fully saturated rings. The molecule has 3 heterocycles. The van der Waals surface area contributed by atoms with Gasteiger partial charge in [0.15, 0.2) is 11.5 Å². The van der Waals surface area contributed by atoms with Crippen molar-refractivity contribution in [3.05, 3.63) is 41.7 Å². The van der Waals surface area contributed by atoms with Gasteiger partial charge >= 0.3 is 0 Å². The number of aromatic nitrogens is 3. The third kappa shape index (κ3) is 4.57. The largest absolute Gasteiger partial charge is 0.389 e. The minimum Gasteiger partial charge on any atom is -0.389 e. The number of nitrogen functional groups attached to an aromatic ring is 1. The first kappa shape index (κ1) is 24.0. The molecule has 34 heavy (non-hydrogen) atoms. The summed E-state index contributed by atoms with van der Waals surface area (Å²) >= 11 is 0.788. The second-order valence-electron chi connectivity index (χ2n) is 8.01. The molecule has 3 aromatic rings. The van der Waals surface area contributed by atoms with E-state index >= 15 is 0 Å². The van der Waals surface area contributed by atoms with Gasteiger partial charge in [-0.25, -0.2) is 22.5 Å². The number of carbonyl (C=O) groups excluding carboxylic acids is 1. The van der Waals surface area contributed by atoms with E-state index in [0.717, 1.165) is 23.5 Å². The summed E-state index contributed by atoms with van der Waals surface area (Å²) < 4.78 is 56.4. The standard InChI is InChI=1S/C21H23F4N7OS/c1-31-21(32-7-5-10(17(24)25)13(26)6-8-32)14(9-28-31)29-19(33)16-18(27)34-20(30-16)15-11(22)3-2-4-12(15)23/h2-4,9-10,13,17H,5-8,26-27H2,1H3,(H,29,33). The van der Waals surface area contributed by atoms with Gasteiger partial charge in [-0.1, -0.05) is 17.4 Å². The van der Waals surface area contributed by atoms with Gasteiger partial charge in [0.1, 0.15) is 27.3 Å². The lowest BCUT2D eigenvalue weighted by Gasteiger charge is -2.24. The molecule has 1 aliphatic rings. The molecule has 1 saturated heterocycles. The zero-order valence-electron chi connectivity index (χ0n) is 18.1. The molecule has 13 heteroatoms. The smallest absolute Gasteiger partial charge is 0.277 e. The molecule has 0 aliphatic carbocycles. The number of aryl methyl sites for hydroxylation is 1. The zero-order chi connectivity index (χ0) is 24.6. The molecule has 0 bridgehead atoms. The number of halogens is 4. The number of rotatable bonds is 5. The van der Waals surface area contributed by atoms with Crippen LogP contribution in [0.5, 0.6) is 0 Å². The molecule has 2 atom stereocenters. The van der Waals surface area contributed by atoms with Crippen molar-refractivity contribution in [3.63, 3.8) is 0 Å². The van der Waals surface area contributed by atoms with Crippen LogP contribution in [-0.2, 0) is 7.05 Å². The van der Waals surface area contributed by atoms with Crippen molar-refractivity contribution in [2.45, 2.75) is 25.3 Å². The van der Waals surface area contributed by atoms with Crippen molar-refractivity contribution in [2.24, 2.45) is 18.7 Å². The second kappa shape index (κ2) is 9.58. The quantitative estimate of drug-likeness (QED) is 0.465. The second-order valence-corrected chi connectivity index (χ2v) is 9.05.